The SMILES string of the molecule is CC1=C(C(=O)N2CCOCC2)C(c2ccc(F)cc2)NC(=S)N1C. The summed E-state index contributed by atoms with van der Waals surface area (Å²) in [6.07, 6.45) is 0. The molecule has 1 N–H and O–H groups in total. The first-order valence-electron chi connectivity index (χ1n) is 7.86. The molecule has 7 heteroatoms. The van der Waals surface area contributed by atoms with E-state index < -0.39 is 0 Å². The van der Waals surface area contributed by atoms with Crippen LogP contribution in [0.2, 0.25) is 0 Å². The van der Waals surface area contributed by atoms with Crippen LogP contribution in [0.4, 0.5) is 4.39 Å². The molecule has 1 aromatic rings. The van der Waals surface area contributed by atoms with E-state index in [0.717, 1.165) is 11.3 Å². The number of rotatable bonds is 2. The number of halogens is 1. The zero-order valence-corrected chi connectivity index (χ0v) is 14.5. The highest BCUT2D eigenvalue weighted by molar-refractivity contribution is 7.80. The number of benzene rings is 1. The maximum Gasteiger partial charge on any atom is 0.254 e. The summed E-state index contributed by atoms with van der Waals surface area (Å²) in [6, 6.07) is 5.76. The van der Waals surface area contributed by atoms with Gasteiger partial charge in [0.15, 0.2) is 5.11 Å². The van der Waals surface area contributed by atoms with Crippen LogP contribution >= 0.6 is 12.2 Å². The minimum Gasteiger partial charge on any atom is -0.378 e. The van der Waals surface area contributed by atoms with Gasteiger partial charge in [0.25, 0.3) is 5.91 Å². The lowest BCUT2D eigenvalue weighted by molar-refractivity contribution is -0.131. The molecule has 0 saturated carbocycles. The topological polar surface area (TPSA) is 44.8 Å². The van der Waals surface area contributed by atoms with Gasteiger partial charge >= 0.3 is 0 Å². The fourth-order valence-electron chi connectivity index (χ4n) is 2.95. The second-order valence-electron chi connectivity index (χ2n) is 5.90. The third kappa shape index (κ3) is 3.14. The first kappa shape index (κ1) is 16.9. The lowest BCUT2D eigenvalue weighted by atomic mass is 9.94. The lowest BCUT2D eigenvalue weighted by Gasteiger charge is -2.38. The van der Waals surface area contributed by atoms with Crippen molar-refractivity contribution in [2.75, 3.05) is 33.4 Å². The van der Waals surface area contributed by atoms with E-state index in [1.807, 2.05) is 14.0 Å². The van der Waals surface area contributed by atoms with Gasteiger partial charge in [-0.3, -0.25) is 4.79 Å². The van der Waals surface area contributed by atoms with Gasteiger partial charge in [-0.2, -0.15) is 0 Å². The molecule has 0 spiro atoms. The summed E-state index contributed by atoms with van der Waals surface area (Å²) in [6.45, 7) is 4.11. The summed E-state index contributed by atoms with van der Waals surface area (Å²) >= 11 is 5.37. The third-order valence-corrected chi connectivity index (χ3v) is 4.88. The van der Waals surface area contributed by atoms with Crippen LogP contribution in [-0.2, 0) is 9.53 Å². The molecule has 1 saturated heterocycles. The van der Waals surface area contributed by atoms with Crippen molar-refractivity contribution in [2.24, 2.45) is 0 Å². The maximum atomic E-state index is 13.3. The number of amides is 1. The standard InChI is InChI=1S/C17H20FN3O2S/c1-11-14(16(22)21-7-9-23-10-8-21)15(19-17(24)20(11)2)12-3-5-13(18)6-4-12/h3-6,15H,7-10H2,1-2H3,(H,19,24). The van der Waals surface area contributed by atoms with E-state index in [-0.39, 0.29) is 17.8 Å². The van der Waals surface area contributed by atoms with Crippen LogP contribution in [0.3, 0.4) is 0 Å². The molecule has 128 valence electrons. The molecule has 1 atom stereocenters. The molecular weight excluding hydrogens is 329 g/mol. The largest absolute Gasteiger partial charge is 0.378 e. The highest BCUT2D eigenvalue weighted by atomic mass is 32.1. The summed E-state index contributed by atoms with van der Waals surface area (Å²) in [4.78, 5) is 16.7. The second kappa shape index (κ2) is 6.86. The molecule has 24 heavy (non-hydrogen) atoms. The summed E-state index contributed by atoms with van der Waals surface area (Å²) in [7, 11) is 1.83. The Morgan fingerprint density at radius 3 is 2.54 bits per heavy atom. The van der Waals surface area contributed by atoms with Gasteiger partial charge in [-0.05, 0) is 36.8 Å². The lowest BCUT2D eigenvalue weighted by Crippen LogP contribution is -2.50. The van der Waals surface area contributed by atoms with Crippen molar-refractivity contribution in [3.8, 4) is 0 Å². The molecule has 1 unspecified atom stereocenters. The van der Waals surface area contributed by atoms with Crippen molar-refractivity contribution in [1.82, 2.24) is 15.1 Å². The van der Waals surface area contributed by atoms with Crippen LogP contribution in [-0.4, -0.2) is 54.2 Å². The van der Waals surface area contributed by atoms with Gasteiger partial charge in [-0.1, -0.05) is 12.1 Å². The van der Waals surface area contributed by atoms with Crippen LogP contribution in [0.25, 0.3) is 0 Å². The average Bonchev–Trinajstić information content (AvgIpc) is 2.60. The predicted molar refractivity (Wildman–Crippen MR) is 92.7 cm³/mol. The summed E-state index contributed by atoms with van der Waals surface area (Å²) in [5.74, 6) is -0.344. The fourth-order valence-corrected chi connectivity index (χ4v) is 3.21. The van der Waals surface area contributed by atoms with E-state index in [1.54, 1.807) is 21.9 Å². The zero-order chi connectivity index (χ0) is 17.3. The van der Waals surface area contributed by atoms with Crippen molar-refractivity contribution < 1.29 is 13.9 Å². The number of hydrogen-bond acceptors (Lipinski definition) is 3. The molecule has 0 aromatic heterocycles. The number of nitrogens with zero attached hydrogens (tertiary/aromatic N) is 2. The summed E-state index contributed by atoms with van der Waals surface area (Å²) < 4.78 is 18.6. The quantitative estimate of drug-likeness (QED) is 0.825. The molecule has 2 aliphatic heterocycles. The van der Waals surface area contributed by atoms with Crippen LogP contribution in [0.15, 0.2) is 35.5 Å². The number of ether oxygens (including phenoxy) is 1. The Labute approximate surface area is 146 Å². The number of thiocarbonyl (C=S) groups is 1. The van der Waals surface area contributed by atoms with Gasteiger partial charge in [0.05, 0.1) is 24.8 Å². The molecule has 3 rings (SSSR count). The van der Waals surface area contributed by atoms with Crippen LogP contribution in [0.1, 0.15) is 18.5 Å². The smallest absolute Gasteiger partial charge is 0.254 e. The number of hydrogen-bond donors (Lipinski definition) is 1. The van der Waals surface area contributed by atoms with Crippen molar-refractivity contribution >= 4 is 23.2 Å². The average molecular weight is 349 g/mol. The Kier molecular flexibility index (Phi) is 4.82. The number of nitrogens with one attached hydrogen (secondary N) is 1. The molecule has 5 nitrogen and oxygen atoms in total. The summed E-state index contributed by atoms with van der Waals surface area (Å²) in [5, 5.41) is 3.74. The Balaban J connectivity index is 2.00. The van der Waals surface area contributed by atoms with Crippen LogP contribution < -0.4 is 5.32 Å². The van der Waals surface area contributed by atoms with Gasteiger partial charge in [0.2, 0.25) is 0 Å². The first-order chi connectivity index (χ1) is 11.5. The Morgan fingerprint density at radius 1 is 1.29 bits per heavy atom. The third-order valence-electron chi connectivity index (χ3n) is 4.49. The number of carbonyl (C=O) groups is 1. The van der Waals surface area contributed by atoms with E-state index in [9.17, 15) is 9.18 Å². The van der Waals surface area contributed by atoms with Crippen molar-refractivity contribution in [3.05, 3.63) is 46.9 Å². The molecule has 2 heterocycles. The fraction of sp³-hybridized carbons (Fsp3) is 0.412. The molecule has 0 aliphatic carbocycles. The van der Waals surface area contributed by atoms with Gasteiger partial charge in [-0.15, -0.1) is 0 Å². The van der Waals surface area contributed by atoms with Crippen LogP contribution in [0.5, 0.6) is 0 Å². The summed E-state index contributed by atoms with van der Waals surface area (Å²) in [5.41, 5.74) is 2.26. The van der Waals surface area contributed by atoms with Gasteiger partial charge in [0, 0.05) is 25.8 Å². The molecule has 0 bridgehead atoms. The van der Waals surface area contributed by atoms with Crippen molar-refractivity contribution in [2.45, 2.75) is 13.0 Å². The second-order valence-corrected chi connectivity index (χ2v) is 6.28. The maximum absolute atomic E-state index is 13.3. The first-order valence-corrected chi connectivity index (χ1v) is 8.27. The highest BCUT2D eigenvalue weighted by Crippen LogP contribution is 2.31. The molecular formula is C17H20FN3O2S. The van der Waals surface area contributed by atoms with E-state index in [4.69, 9.17) is 17.0 Å². The van der Waals surface area contributed by atoms with Crippen molar-refractivity contribution in [1.29, 1.82) is 0 Å². The Hall–Kier alpha value is -1.99. The Bertz CT molecular complexity index is 684. The monoisotopic (exact) mass is 349 g/mol. The number of allylic oxidation sites excluding steroid dienone is 1. The number of morpholine rings is 1. The van der Waals surface area contributed by atoms with Crippen LogP contribution in [0, 0.1) is 5.82 Å². The van der Waals surface area contributed by atoms with Gasteiger partial charge in [-0.25, -0.2) is 4.39 Å². The highest BCUT2D eigenvalue weighted by Gasteiger charge is 2.35. The Morgan fingerprint density at radius 2 is 1.92 bits per heavy atom. The van der Waals surface area contributed by atoms with Crippen molar-refractivity contribution in [3.63, 3.8) is 0 Å². The molecule has 1 amide bonds. The molecule has 1 aromatic carbocycles. The van der Waals surface area contributed by atoms with E-state index in [0.29, 0.717) is 37.0 Å². The van der Waals surface area contributed by atoms with Gasteiger partial charge < -0.3 is 19.9 Å². The van der Waals surface area contributed by atoms with E-state index in [2.05, 4.69) is 5.32 Å². The van der Waals surface area contributed by atoms with E-state index >= 15 is 0 Å². The zero-order valence-electron chi connectivity index (χ0n) is 13.7. The predicted octanol–water partition coefficient (Wildman–Crippen LogP) is 1.82. The van der Waals surface area contributed by atoms with Gasteiger partial charge in [0.1, 0.15) is 5.82 Å². The molecule has 1 fully saturated rings. The molecule has 2 aliphatic rings. The normalized spacial score (nSPS) is 21.8. The molecule has 0 radical (unpaired) electrons. The minimum absolute atomic E-state index is 0.0352. The number of carbonyl (C=O) groups excluding carboxylic acids is 1. The van der Waals surface area contributed by atoms with E-state index in [1.165, 1.54) is 12.1 Å². The minimum atomic E-state index is -0.385.